The maximum absolute atomic E-state index is 12.8. The van der Waals surface area contributed by atoms with E-state index < -0.39 is 6.10 Å². The summed E-state index contributed by atoms with van der Waals surface area (Å²) in [6.45, 7) is 2.10. The molecule has 2 aliphatic heterocycles. The lowest BCUT2D eigenvalue weighted by Crippen LogP contribution is -2.53. The normalized spacial score (nSPS) is 18.8. The third-order valence-electron chi connectivity index (χ3n) is 4.98. The molecule has 1 fully saturated rings. The fourth-order valence-electron chi connectivity index (χ4n) is 3.50. The number of benzene rings is 1. The molecular weight excluding hydrogens is 366 g/mol. The number of piperazine rings is 1. The van der Waals surface area contributed by atoms with Crippen molar-refractivity contribution in [3.05, 3.63) is 58.9 Å². The largest absolute Gasteiger partial charge is 0.480 e. The Hall–Kier alpha value is -2.60. The molecule has 1 atom stereocenters. The molecule has 4 rings (SSSR count). The minimum Gasteiger partial charge on any atom is -0.480 e. The number of halogens is 1. The van der Waals surface area contributed by atoms with Gasteiger partial charge in [0.05, 0.1) is 6.42 Å². The maximum atomic E-state index is 12.8. The molecule has 7 heteroatoms. The van der Waals surface area contributed by atoms with Gasteiger partial charge in [0.15, 0.2) is 6.10 Å². The highest BCUT2D eigenvalue weighted by Crippen LogP contribution is 2.31. The number of pyridine rings is 1. The standard InChI is InChI=1S/C20H20ClN3O3/c21-15-4-5-17-14(11-15)12-18(27-17)20(26)24-9-7-23(8-10-24)19(25)13-16-3-1-2-6-22-16/h1-6,11,18H,7-10,12-13H2. The third kappa shape index (κ3) is 3.90. The molecule has 2 aliphatic rings. The molecule has 0 aliphatic carbocycles. The van der Waals surface area contributed by atoms with E-state index in [1.54, 1.807) is 28.1 Å². The Balaban J connectivity index is 1.30. The second-order valence-electron chi connectivity index (χ2n) is 6.77. The molecule has 0 spiro atoms. The van der Waals surface area contributed by atoms with Gasteiger partial charge in [-0.2, -0.15) is 0 Å². The summed E-state index contributed by atoms with van der Waals surface area (Å²) in [5.74, 6) is 0.737. The number of amides is 2. The Bertz CT molecular complexity index is 851. The van der Waals surface area contributed by atoms with Crippen LogP contribution in [0.1, 0.15) is 11.3 Å². The van der Waals surface area contributed by atoms with Crippen LogP contribution in [-0.2, 0) is 22.4 Å². The number of carbonyl (C=O) groups is 2. The van der Waals surface area contributed by atoms with Crippen molar-refractivity contribution in [3.63, 3.8) is 0 Å². The number of hydrogen-bond acceptors (Lipinski definition) is 4. The minimum atomic E-state index is -0.505. The van der Waals surface area contributed by atoms with Crippen LogP contribution in [0.4, 0.5) is 0 Å². The molecule has 3 heterocycles. The van der Waals surface area contributed by atoms with Gasteiger partial charge in [-0.25, -0.2) is 0 Å². The van der Waals surface area contributed by atoms with Crippen LogP contribution in [0.5, 0.6) is 5.75 Å². The zero-order chi connectivity index (χ0) is 18.8. The summed E-state index contributed by atoms with van der Waals surface area (Å²) >= 11 is 6.01. The number of hydrogen-bond donors (Lipinski definition) is 0. The summed E-state index contributed by atoms with van der Waals surface area (Å²) in [6.07, 6.45) is 2.00. The second kappa shape index (κ2) is 7.56. The topological polar surface area (TPSA) is 62.7 Å². The van der Waals surface area contributed by atoms with Gasteiger partial charge in [0.25, 0.3) is 5.91 Å². The summed E-state index contributed by atoms with van der Waals surface area (Å²) in [5, 5.41) is 0.644. The first kappa shape index (κ1) is 17.8. The van der Waals surface area contributed by atoms with E-state index in [1.807, 2.05) is 24.3 Å². The van der Waals surface area contributed by atoms with Crippen molar-refractivity contribution in [2.75, 3.05) is 26.2 Å². The van der Waals surface area contributed by atoms with Crippen molar-refractivity contribution in [1.82, 2.24) is 14.8 Å². The molecule has 1 aromatic heterocycles. The average molecular weight is 386 g/mol. The summed E-state index contributed by atoms with van der Waals surface area (Å²) in [4.78, 5) is 33.0. The summed E-state index contributed by atoms with van der Waals surface area (Å²) in [5.41, 5.74) is 1.72. The third-order valence-corrected chi connectivity index (χ3v) is 5.21. The molecule has 6 nitrogen and oxygen atoms in total. The molecule has 140 valence electrons. The Morgan fingerprint density at radius 1 is 1.11 bits per heavy atom. The van der Waals surface area contributed by atoms with Gasteiger partial charge in [0, 0.05) is 49.5 Å². The van der Waals surface area contributed by atoms with Gasteiger partial charge >= 0.3 is 0 Å². The fraction of sp³-hybridized carbons (Fsp3) is 0.350. The van der Waals surface area contributed by atoms with Crippen molar-refractivity contribution in [3.8, 4) is 5.75 Å². The van der Waals surface area contributed by atoms with Crippen molar-refractivity contribution in [2.45, 2.75) is 18.9 Å². The van der Waals surface area contributed by atoms with E-state index >= 15 is 0 Å². The fourth-order valence-corrected chi connectivity index (χ4v) is 3.70. The highest BCUT2D eigenvalue weighted by molar-refractivity contribution is 6.30. The maximum Gasteiger partial charge on any atom is 0.264 e. The van der Waals surface area contributed by atoms with Crippen LogP contribution in [0.15, 0.2) is 42.6 Å². The summed E-state index contributed by atoms with van der Waals surface area (Å²) in [6, 6.07) is 11.0. The molecule has 2 amide bonds. The van der Waals surface area contributed by atoms with Gasteiger partial charge in [0.1, 0.15) is 5.75 Å². The van der Waals surface area contributed by atoms with E-state index in [0.717, 1.165) is 17.0 Å². The lowest BCUT2D eigenvalue weighted by molar-refractivity contribution is -0.143. The van der Waals surface area contributed by atoms with Crippen LogP contribution in [0, 0.1) is 0 Å². The van der Waals surface area contributed by atoms with Crippen molar-refractivity contribution < 1.29 is 14.3 Å². The number of carbonyl (C=O) groups excluding carboxylic acids is 2. The SMILES string of the molecule is O=C(Cc1ccccn1)N1CCN(C(=O)C2Cc3cc(Cl)ccc3O2)CC1. The Morgan fingerprint density at radius 3 is 2.63 bits per heavy atom. The quantitative estimate of drug-likeness (QED) is 0.810. The number of aromatic nitrogens is 1. The number of rotatable bonds is 3. The highest BCUT2D eigenvalue weighted by atomic mass is 35.5. The van der Waals surface area contributed by atoms with Crippen LogP contribution < -0.4 is 4.74 Å². The molecule has 1 aromatic carbocycles. The first-order valence-corrected chi connectivity index (χ1v) is 9.39. The smallest absolute Gasteiger partial charge is 0.264 e. The van der Waals surface area contributed by atoms with Gasteiger partial charge in [-0.05, 0) is 35.9 Å². The molecular formula is C20H20ClN3O3. The van der Waals surface area contributed by atoms with Gasteiger partial charge in [-0.15, -0.1) is 0 Å². The van der Waals surface area contributed by atoms with E-state index in [-0.39, 0.29) is 18.2 Å². The van der Waals surface area contributed by atoms with Gasteiger partial charge in [-0.3, -0.25) is 14.6 Å². The molecule has 0 saturated carbocycles. The van der Waals surface area contributed by atoms with Gasteiger partial charge in [-0.1, -0.05) is 17.7 Å². The molecule has 2 aromatic rings. The highest BCUT2D eigenvalue weighted by Gasteiger charge is 2.34. The summed E-state index contributed by atoms with van der Waals surface area (Å²) < 4.78 is 5.79. The first-order chi connectivity index (χ1) is 13.1. The predicted molar refractivity (Wildman–Crippen MR) is 101 cm³/mol. The number of nitrogens with zero attached hydrogens (tertiary/aromatic N) is 3. The van der Waals surface area contributed by atoms with E-state index in [4.69, 9.17) is 16.3 Å². The van der Waals surface area contributed by atoms with Crippen molar-refractivity contribution in [2.24, 2.45) is 0 Å². The molecule has 0 N–H and O–H groups in total. The summed E-state index contributed by atoms with van der Waals surface area (Å²) in [7, 11) is 0. The van der Waals surface area contributed by atoms with Crippen molar-refractivity contribution in [1.29, 1.82) is 0 Å². The van der Waals surface area contributed by atoms with E-state index in [0.29, 0.717) is 37.6 Å². The zero-order valence-corrected chi connectivity index (χ0v) is 15.6. The van der Waals surface area contributed by atoms with Crippen LogP contribution >= 0.6 is 11.6 Å². The minimum absolute atomic E-state index is 0.0286. The molecule has 1 saturated heterocycles. The Kier molecular flexibility index (Phi) is 4.99. The first-order valence-electron chi connectivity index (χ1n) is 9.02. The van der Waals surface area contributed by atoms with E-state index in [1.165, 1.54) is 0 Å². The van der Waals surface area contributed by atoms with Crippen molar-refractivity contribution >= 4 is 23.4 Å². The Labute approximate surface area is 162 Å². The average Bonchev–Trinajstić information content (AvgIpc) is 3.11. The van der Waals surface area contributed by atoms with Crippen LogP contribution in [0.25, 0.3) is 0 Å². The van der Waals surface area contributed by atoms with Gasteiger partial charge < -0.3 is 14.5 Å². The molecule has 1 unspecified atom stereocenters. The lowest BCUT2D eigenvalue weighted by atomic mass is 10.1. The monoisotopic (exact) mass is 385 g/mol. The molecule has 27 heavy (non-hydrogen) atoms. The molecule has 0 bridgehead atoms. The second-order valence-corrected chi connectivity index (χ2v) is 7.20. The van der Waals surface area contributed by atoms with E-state index in [9.17, 15) is 9.59 Å². The van der Waals surface area contributed by atoms with Gasteiger partial charge in [0.2, 0.25) is 5.91 Å². The zero-order valence-electron chi connectivity index (χ0n) is 14.8. The van der Waals surface area contributed by atoms with E-state index in [2.05, 4.69) is 4.98 Å². The lowest BCUT2D eigenvalue weighted by Gasteiger charge is -2.35. The number of fused-ring (bicyclic) bond motifs is 1. The Morgan fingerprint density at radius 2 is 1.89 bits per heavy atom. The number of ether oxygens (including phenoxy) is 1. The van der Waals surface area contributed by atoms with Crippen LogP contribution in [0.3, 0.4) is 0 Å². The van der Waals surface area contributed by atoms with Crippen LogP contribution in [0.2, 0.25) is 5.02 Å². The van der Waals surface area contributed by atoms with Crippen LogP contribution in [-0.4, -0.2) is 58.9 Å². The predicted octanol–water partition coefficient (Wildman–Crippen LogP) is 1.95. The molecule has 0 radical (unpaired) electrons.